The normalized spacial score (nSPS) is 12.2. The first-order valence-electron chi connectivity index (χ1n) is 5.60. The molecule has 1 atom stereocenters. The lowest BCUT2D eigenvalue weighted by atomic mass is 10.1. The molecule has 2 aromatic heterocycles. The van der Waals surface area contributed by atoms with Crippen molar-refractivity contribution >= 4 is 21.8 Å². The van der Waals surface area contributed by atoms with Crippen molar-refractivity contribution < 1.29 is 4.79 Å². The lowest BCUT2D eigenvalue weighted by Crippen LogP contribution is -2.28. The molecule has 2 aromatic rings. The zero-order valence-electron chi connectivity index (χ0n) is 10.2. The van der Waals surface area contributed by atoms with Gasteiger partial charge in [-0.15, -0.1) is 0 Å². The summed E-state index contributed by atoms with van der Waals surface area (Å²) in [5.41, 5.74) is 1.61. The Morgan fingerprint density at radius 3 is 2.89 bits per heavy atom. The van der Waals surface area contributed by atoms with Crippen LogP contribution in [-0.2, 0) is 7.05 Å². The first kappa shape index (κ1) is 12.8. The SMILES string of the molecule is CC(NC(=O)c1cc(Br)cn1C)c1cccnc1. The van der Waals surface area contributed by atoms with Crippen LogP contribution < -0.4 is 5.32 Å². The van der Waals surface area contributed by atoms with Crippen LogP contribution >= 0.6 is 15.9 Å². The van der Waals surface area contributed by atoms with E-state index in [1.807, 2.05) is 32.3 Å². The highest BCUT2D eigenvalue weighted by atomic mass is 79.9. The molecule has 0 saturated carbocycles. The summed E-state index contributed by atoms with van der Waals surface area (Å²) in [6.45, 7) is 1.94. The van der Waals surface area contributed by atoms with Gasteiger partial charge in [0.2, 0.25) is 0 Å². The number of nitrogens with zero attached hydrogens (tertiary/aromatic N) is 2. The van der Waals surface area contributed by atoms with Crippen molar-refractivity contribution in [3.8, 4) is 0 Å². The van der Waals surface area contributed by atoms with E-state index < -0.39 is 0 Å². The topological polar surface area (TPSA) is 46.9 Å². The van der Waals surface area contributed by atoms with E-state index >= 15 is 0 Å². The minimum Gasteiger partial charge on any atom is -0.345 e. The van der Waals surface area contributed by atoms with Crippen LogP contribution in [0.25, 0.3) is 0 Å². The molecule has 18 heavy (non-hydrogen) atoms. The van der Waals surface area contributed by atoms with E-state index in [1.54, 1.807) is 23.0 Å². The quantitative estimate of drug-likeness (QED) is 0.947. The predicted octanol–water partition coefficient (Wildman–Crippen LogP) is 2.67. The van der Waals surface area contributed by atoms with Crippen molar-refractivity contribution in [2.75, 3.05) is 0 Å². The van der Waals surface area contributed by atoms with E-state index in [4.69, 9.17) is 0 Å². The van der Waals surface area contributed by atoms with Crippen LogP contribution in [0, 0.1) is 0 Å². The molecule has 1 unspecified atom stereocenters. The van der Waals surface area contributed by atoms with Crippen LogP contribution in [0.2, 0.25) is 0 Å². The average Bonchev–Trinajstić information content (AvgIpc) is 2.69. The number of aromatic nitrogens is 2. The monoisotopic (exact) mass is 307 g/mol. The summed E-state index contributed by atoms with van der Waals surface area (Å²) in [5.74, 6) is -0.0976. The van der Waals surface area contributed by atoms with E-state index in [1.165, 1.54) is 0 Å². The fourth-order valence-electron chi connectivity index (χ4n) is 1.74. The number of hydrogen-bond donors (Lipinski definition) is 1. The van der Waals surface area contributed by atoms with Gasteiger partial charge in [-0.05, 0) is 40.5 Å². The zero-order valence-corrected chi connectivity index (χ0v) is 11.8. The van der Waals surface area contributed by atoms with Gasteiger partial charge >= 0.3 is 0 Å². The number of nitrogens with one attached hydrogen (secondary N) is 1. The minimum absolute atomic E-state index is 0.0696. The van der Waals surface area contributed by atoms with Gasteiger partial charge in [0.15, 0.2) is 0 Å². The van der Waals surface area contributed by atoms with Gasteiger partial charge in [0.1, 0.15) is 5.69 Å². The van der Waals surface area contributed by atoms with Crippen molar-refractivity contribution in [3.63, 3.8) is 0 Å². The Hall–Kier alpha value is -1.62. The van der Waals surface area contributed by atoms with E-state index in [0.29, 0.717) is 5.69 Å². The second-order valence-corrected chi connectivity index (χ2v) is 5.05. The van der Waals surface area contributed by atoms with Crippen molar-refractivity contribution in [2.45, 2.75) is 13.0 Å². The van der Waals surface area contributed by atoms with E-state index in [9.17, 15) is 4.79 Å². The van der Waals surface area contributed by atoms with Crippen LogP contribution in [0.3, 0.4) is 0 Å². The highest BCUT2D eigenvalue weighted by Gasteiger charge is 2.14. The first-order valence-corrected chi connectivity index (χ1v) is 6.40. The maximum Gasteiger partial charge on any atom is 0.268 e. The molecule has 2 rings (SSSR count). The van der Waals surface area contributed by atoms with Crippen molar-refractivity contribution in [3.05, 3.63) is 52.5 Å². The molecule has 0 bridgehead atoms. The molecule has 94 valence electrons. The van der Waals surface area contributed by atoms with Crippen LogP contribution in [0.5, 0.6) is 0 Å². The number of hydrogen-bond acceptors (Lipinski definition) is 2. The van der Waals surface area contributed by atoms with Gasteiger partial charge in [-0.2, -0.15) is 0 Å². The fourth-order valence-corrected chi connectivity index (χ4v) is 2.26. The highest BCUT2D eigenvalue weighted by Crippen LogP contribution is 2.15. The predicted molar refractivity (Wildman–Crippen MR) is 73.2 cm³/mol. The second-order valence-electron chi connectivity index (χ2n) is 4.14. The third-order valence-corrected chi connectivity index (χ3v) is 3.17. The number of aryl methyl sites for hydroxylation is 1. The van der Waals surface area contributed by atoms with Crippen LogP contribution in [0.1, 0.15) is 29.0 Å². The summed E-state index contributed by atoms with van der Waals surface area (Å²) in [6, 6.07) is 5.53. The van der Waals surface area contributed by atoms with Gasteiger partial charge in [-0.3, -0.25) is 9.78 Å². The summed E-state index contributed by atoms with van der Waals surface area (Å²) in [6.07, 6.45) is 5.32. The van der Waals surface area contributed by atoms with Crippen LogP contribution in [0.4, 0.5) is 0 Å². The molecule has 2 heterocycles. The lowest BCUT2D eigenvalue weighted by molar-refractivity contribution is 0.0931. The largest absolute Gasteiger partial charge is 0.345 e. The van der Waals surface area contributed by atoms with Crippen molar-refractivity contribution in [1.82, 2.24) is 14.9 Å². The van der Waals surface area contributed by atoms with Gasteiger partial charge in [0, 0.05) is 30.1 Å². The van der Waals surface area contributed by atoms with Crippen LogP contribution in [-0.4, -0.2) is 15.5 Å². The standard InChI is InChI=1S/C13H14BrN3O/c1-9(10-4-3-5-15-7-10)16-13(18)12-6-11(14)8-17(12)2/h3-9H,1-2H3,(H,16,18). The van der Waals surface area contributed by atoms with Gasteiger partial charge in [-0.1, -0.05) is 6.07 Å². The van der Waals surface area contributed by atoms with Gasteiger partial charge < -0.3 is 9.88 Å². The van der Waals surface area contributed by atoms with E-state index in [0.717, 1.165) is 10.0 Å². The summed E-state index contributed by atoms with van der Waals surface area (Å²) >= 11 is 3.35. The summed E-state index contributed by atoms with van der Waals surface area (Å²) in [7, 11) is 1.84. The number of carbonyl (C=O) groups is 1. The number of pyridine rings is 1. The molecule has 1 amide bonds. The molecule has 0 aliphatic carbocycles. The molecule has 0 spiro atoms. The number of rotatable bonds is 3. The Kier molecular flexibility index (Phi) is 3.81. The molecule has 0 aromatic carbocycles. The Balaban J connectivity index is 2.10. The Morgan fingerprint density at radius 2 is 2.33 bits per heavy atom. The molecule has 5 heteroatoms. The number of amides is 1. The maximum atomic E-state index is 12.1. The molecular weight excluding hydrogens is 294 g/mol. The van der Waals surface area contributed by atoms with E-state index in [-0.39, 0.29) is 11.9 Å². The van der Waals surface area contributed by atoms with Gasteiger partial charge in [0.05, 0.1) is 6.04 Å². The maximum absolute atomic E-state index is 12.1. The second kappa shape index (κ2) is 5.35. The Labute approximate surface area is 114 Å². The summed E-state index contributed by atoms with van der Waals surface area (Å²) in [4.78, 5) is 16.1. The highest BCUT2D eigenvalue weighted by molar-refractivity contribution is 9.10. The zero-order chi connectivity index (χ0) is 13.1. The first-order chi connectivity index (χ1) is 8.58. The molecular formula is C13H14BrN3O. The van der Waals surface area contributed by atoms with Gasteiger partial charge in [0.25, 0.3) is 5.91 Å². The number of halogens is 1. The van der Waals surface area contributed by atoms with Crippen molar-refractivity contribution in [2.24, 2.45) is 7.05 Å². The summed E-state index contributed by atoms with van der Waals surface area (Å²) < 4.78 is 2.68. The van der Waals surface area contributed by atoms with Gasteiger partial charge in [-0.25, -0.2) is 0 Å². The lowest BCUT2D eigenvalue weighted by Gasteiger charge is -2.14. The molecule has 1 N–H and O–H groups in total. The third-order valence-electron chi connectivity index (χ3n) is 2.74. The minimum atomic E-state index is -0.0976. The summed E-state index contributed by atoms with van der Waals surface area (Å²) in [5, 5.41) is 2.95. The molecule has 0 saturated heterocycles. The molecule has 4 nitrogen and oxygen atoms in total. The fraction of sp³-hybridized carbons (Fsp3) is 0.231. The molecule has 0 fully saturated rings. The van der Waals surface area contributed by atoms with Crippen molar-refractivity contribution in [1.29, 1.82) is 0 Å². The Bertz CT molecular complexity index is 551. The third kappa shape index (κ3) is 2.79. The molecule has 0 aliphatic rings. The average molecular weight is 308 g/mol. The molecule has 0 radical (unpaired) electrons. The smallest absolute Gasteiger partial charge is 0.268 e. The van der Waals surface area contributed by atoms with E-state index in [2.05, 4.69) is 26.2 Å². The molecule has 0 aliphatic heterocycles. The van der Waals surface area contributed by atoms with Crippen LogP contribution in [0.15, 0.2) is 41.3 Å². The number of carbonyl (C=O) groups excluding carboxylic acids is 1. The Morgan fingerprint density at radius 1 is 1.56 bits per heavy atom.